The van der Waals surface area contributed by atoms with Crippen molar-refractivity contribution in [3.63, 3.8) is 0 Å². The van der Waals surface area contributed by atoms with E-state index in [1.165, 1.54) is 0 Å². The standard InChI is InChI=1S/C22H16O4/c1-13-9-14(2)11-16(10-13)25-21(23)19-12-18-17-6-4-3-5-15(17)7-8-20(18)26-22(19)24/h3-12H,1-2H3. The number of aryl methyl sites for hydroxylation is 2. The molecule has 0 unspecified atom stereocenters. The van der Waals surface area contributed by atoms with Crippen LogP contribution in [0.5, 0.6) is 5.75 Å². The Morgan fingerprint density at radius 2 is 1.62 bits per heavy atom. The molecule has 1 aromatic heterocycles. The van der Waals surface area contributed by atoms with E-state index in [1.54, 1.807) is 24.3 Å². The van der Waals surface area contributed by atoms with E-state index < -0.39 is 11.6 Å². The highest BCUT2D eigenvalue weighted by Gasteiger charge is 2.17. The van der Waals surface area contributed by atoms with E-state index >= 15 is 0 Å². The van der Waals surface area contributed by atoms with Crippen LogP contribution in [0, 0.1) is 13.8 Å². The summed E-state index contributed by atoms with van der Waals surface area (Å²) in [5, 5.41) is 2.62. The molecular formula is C22H16O4. The van der Waals surface area contributed by atoms with Gasteiger partial charge in [0, 0.05) is 5.39 Å². The molecule has 0 bridgehead atoms. The molecule has 3 aromatic carbocycles. The molecule has 0 saturated carbocycles. The minimum Gasteiger partial charge on any atom is -0.423 e. The van der Waals surface area contributed by atoms with Crippen molar-refractivity contribution in [2.75, 3.05) is 0 Å². The predicted molar refractivity (Wildman–Crippen MR) is 101 cm³/mol. The van der Waals surface area contributed by atoms with Crippen LogP contribution in [0.25, 0.3) is 21.7 Å². The lowest BCUT2D eigenvalue weighted by molar-refractivity contribution is 0.0730. The third-order valence-corrected chi connectivity index (χ3v) is 4.27. The summed E-state index contributed by atoms with van der Waals surface area (Å²) in [5.41, 5.74) is 1.57. The predicted octanol–water partition coefficient (Wildman–Crippen LogP) is 4.78. The molecule has 4 heteroatoms. The van der Waals surface area contributed by atoms with Crippen molar-refractivity contribution in [1.82, 2.24) is 0 Å². The van der Waals surface area contributed by atoms with Crippen molar-refractivity contribution in [2.45, 2.75) is 13.8 Å². The van der Waals surface area contributed by atoms with Gasteiger partial charge in [-0.1, -0.05) is 36.4 Å². The minimum atomic E-state index is -0.724. The summed E-state index contributed by atoms with van der Waals surface area (Å²) < 4.78 is 10.8. The Kier molecular flexibility index (Phi) is 3.81. The smallest absolute Gasteiger partial charge is 0.351 e. The van der Waals surface area contributed by atoms with Crippen LogP contribution in [0.1, 0.15) is 21.5 Å². The Morgan fingerprint density at radius 3 is 2.38 bits per heavy atom. The average Bonchev–Trinajstić information content (AvgIpc) is 2.60. The molecule has 128 valence electrons. The van der Waals surface area contributed by atoms with Gasteiger partial charge in [-0.2, -0.15) is 0 Å². The number of esters is 1. The second-order valence-electron chi connectivity index (χ2n) is 6.36. The number of carbonyl (C=O) groups is 1. The summed E-state index contributed by atoms with van der Waals surface area (Å²) in [5.74, 6) is -0.316. The third-order valence-electron chi connectivity index (χ3n) is 4.27. The van der Waals surface area contributed by atoms with Gasteiger partial charge in [0.05, 0.1) is 0 Å². The average molecular weight is 344 g/mol. The molecular weight excluding hydrogens is 328 g/mol. The van der Waals surface area contributed by atoms with E-state index in [0.29, 0.717) is 16.7 Å². The highest BCUT2D eigenvalue weighted by atomic mass is 16.5. The number of ether oxygens (including phenoxy) is 1. The van der Waals surface area contributed by atoms with E-state index in [0.717, 1.165) is 21.9 Å². The molecule has 0 spiro atoms. The van der Waals surface area contributed by atoms with Gasteiger partial charge < -0.3 is 9.15 Å². The number of hydrogen-bond acceptors (Lipinski definition) is 4. The zero-order chi connectivity index (χ0) is 18.3. The van der Waals surface area contributed by atoms with E-state index in [9.17, 15) is 9.59 Å². The van der Waals surface area contributed by atoms with Crippen molar-refractivity contribution in [3.8, 4) is 5.75 Å². The van der Waals surface area contributed by atoms with Crippen LogP contribution in [0.2, 0.25) is 0 Å². The third kappa shape index (κ3) is 2.86. The van der Waals surface area contributed by atoms with Crippen molar-refractivity contribution in [2.24, 2.45) is 0 Å². The van der Waals surface area contributed by atoms with Gasteiger partial charge in [0.25, 0.3) is 0 Å². The summed E-state index contributed by atoms with van der Waals surface area (Å²) >= 11 is 0. The summed E-state index contributed by atoms with van der Waals surface area (Å²) in [6.45, 7) is 3.84. The number of hydrogen-bond donors (Lipinski definition) is 0. The maximum atomic E-state index is 12.6. The van der Waals surface area contributed by atoms with Gasteiger partial charge in [0.1, 0.15) is 16.9 Å². The second kappa shape index (κ2) is 6.15. The fraction of sp³-hybridized carbons (Fsp3) is 0.0909. The lowest BCUT2D eigenvalue weighted by Crippen LogP contribution is -2.18. The van der Waals surface area contributed by atoms with Gasteiger partial charge in [-0.25, -0.2) is 9.59 Å². The first-order valence-corrected chi connectivity index (χ1v) is 8.27. The molecule has 0 atom stereocenters. The summed E-state index contributed by atoms with van der Waals surface area (Å²) in [4.78, 5) is 24.8. The molecule has 0 fully saturated rings. The second-order valence-corrected chi connectivity index (χ2v) is 6.36. The number of fused-ring (bicyclic) bond motifs is 3. The Balaban J connectivity index is 1.82. The Labute approximate surface area is 149 Å². The summed E-state index contributed by atoms with van der Waals surface area (Å²) in [7, 11) is 0. The van der Waals surface area contributed by atoms with Gasteiger partial charge in [0.2, 0.25) is 0 Å². The van der Waals surface area contributed by atoms with Crippen molar-refractivity contribution < 1.29 is 13.9 Å². The number of benzene rings is 3. The van der Waals surface area contributed by atoms with Gasteiger partial charge in [-0.3, -0.25) is 0 Å². The molecule has 1 heterocycles. The molecule has 0 amide bonds. The molecule has 0 radical (unpaired) electrons. The first-order valence-electron chi connectivity index (χ1n) is 8.27. The minimum absolute atomic E-state index is 0.118. The molecule has 0 N–H and O–H groups in total. The summed E-state index contributed by atoms with van der Waals surface area (Å²) in [6, 6.07) is 18.4. The SMILES string of the molecule is Cc1cc(C)cc(OC(=O)c2cc3c(ccc4ccccc43)oc2=O)c1. The molecule has 4 aromatic rings. The summed E-state index contributed by atoms with van der Waals surface area (Å²) in [6.07, 6.45) is 0. The molecule has 0 aliphatic heterocycles. The zero-order valence-corrected chi connectivity index (χ0v) is 14.4. The van der Waals surface area contributed by atoms with Crippen LogP contribution in [0.4, 0.5) is 0 Å². The van der Waals surface area contributed by atoms with Gasteiger partial charge in [-0.05, 0) is 60.0 Å². The number of rotatable bonds is 2. The molecule has 0 aliphatic rings. The monoisotopic (exact) mass is 344 g/mol. The van der Waals surface area contributed by atoms with Crippen molar-refractivity contribution >= 4 is 27.7 Å². The topological polar surface area (TPSA) is 56.5 Å². The normalized spacial score (nSPS) is 11.0. The van der Waals surface area contributed by atoms with Crippen molar-refractivity contribution in [1.29, 1.82) is 0 Å². The van der Waals surface area contributed by atoms with Gasteiger partial charge in [0.15, 0.2) is 0 Å². The van der Waals surface area contributed by atoms with E-state index in [4.69, 9.17) is 9.15 Å². The maximum absolute atomic E-state index is 12.6. The lowest BCUT2D eigenvalue weighted by Gasteiger charge is -2.07. The maximum Gasteiger partial charge on any atom is 0.351 e. The van der Waals surface area contributed by atoms with E-state index in [2.05, 4.69) is 0 Å². The number of carbonyl (C=O) groups excluding carboxylic acids is 1. The highest BCUT2D eigenvalue weighted by Crippen LogP contribution is 2.25. The van der Waals surface area contributed by atoms with Crippen LogP contribution < -0.4 is 10.4 Å². The molecule has 4 rings (SSSR count). The lowest BCUT2D eigenvalue weighted by atomic mass is 10.0. The highest BCUT2D eigenvalue weighted by molar-refractivity contribution is 6.07. The largest absolute Gasteiger partial charge is 0.423 e. The first kappa shape index (κ1) is 16.1. The first-order chi connectivity index (χ1) is 12.5. The van der Waals surface area contributed by atoms with E-state index in [1.807, 2.05) is 50.2 Å². The van der Waals surface area contributed by atoms with Crippen molar-refractivity contribution in [3.05, 3.63) is 87.8 Å². The fourth-order valence-corrected chi connectivity index (χ4v) is 3.17. The van der Waals surface area contributed by atoms with Crippen LogP contribution in [0.15, 0.2) is 69.9 Å². The Hall–Kier alpha value is -3.40. The molecule has 0 aliphatic carbocycles. The molecule has 4 nitrogen and oxygen atoms in total. The van der Waals surface area contributed by atoms with Crippen LogP contribution in [0.3, 0.4) is 0 Å². The fourth-order valence-electron chi connectivity index (χ4n) is 3.17. The molecule has 26 heavy (non-hydrogen) atoms. The van der Waals surface area contributed by atoms with Gasteiger partial charge >= 0.3 is 11.6 Å². The Morgan fingerprint density at radius 1 is 0.885 bits per heavy atom. The molecule has 0 saturated heterocycles. The van der Waals surface area contributed by atoms with Crippen LogP contribution in [-0.4, -0.2) is 5.97 Å². The van der Waals surface area contributed by atoms with Crippen LogP contribution in [-0.2, 0) is 0 Å². The quantitative estimate of drug-likeness (QED) is 0.227. The Bertz CT molecular complexity index is 1200. The van der Waals surface area contributed by atoms with Crippen LogP contribution >= 0.6 is 0 Å². The van der Waals surface area contributed by atoms with E-state index in [-0.39, 0.29) is 5.56 Å². The zero-order valence-electron chi connectivity index (χ0n) is 14.4. The van der Waals surface area contributed by atoms with Gasteiger partial charge in [-0.15, -0.1) is 0 Å².